The first-order valence-electron chi connectivity index (χ1n) is 13.8. The van der Waals surface area contributed by atoms with Crippen molar-refractivity contribution in [2.45, 2.75) is 57.3 Å². The van der Waals surface area contributed by atoms with Crippen LogP contribution in [0.3, 0.4) is 0 Å². The Hall–Kier alpha value is -3.67. The molecule has 4 nitrogen and oxygen atoms in total. The van der Waals surface area contributed by atoms with Crippen LogP contribution in [0.2, 0.25) is 0 Å². The summed E-state index contributed by atoms with van der Waals surface area (Å²) in [4.78, 5) is -0.0118. The van der Waals surface area contributed by atoms with Crippen LogP contribution in [0.15, 0.2) is 89.8 Å². The predicted molar refractivity (Wildman–Crippen MR) is 163 cm³/mol. The minimum absolute atomic E-state index is 0.0118. The van der Waals surface area contributed by atoms with Crippen LogP contribution >= 0.6 is 0 Å². The Labute approximate surface area is 238 Å². The van der Waals surface area contributed by atoms with Crippen molar-refractivity contribution in [1.29, 1.82) is 0 Å². The number of rotatable bonds is 8. The number of hydrogen-bond donors (Lipinski definition) is 1. The van der Waals surface area contributed by atoms with Crippen LogP contribution in [-0.2, 0) is 29.4 Å². The zero-order valence-corrected chi connectivity index (χ0v) is 24.4. The van der Waals surface area contributed by atoms with Gasteiger partial charge in [0.05, 0.1) is 12.0 Å². The van der Waals surface area contributed by atoms with Crippen LogP contribution in [0.25, 0.3) is 11.1 Å². The highest BCUT2D eigenvalue weighted by Crippen LogP contribution is 2.42. The van der Waals surface area contributed by atoms with Crippen LogP contribution in [0.5, 0.6) is 5.75 Å². The fraction of sp³-hybridized carbons (Fsp3) is 0.257. The molecule has 0 fully saturated rings. The standard InChI is InChI=1S/C35H36O4S/c1-23(2)26-12-14-27(15-13-26)32-18-16-29-22-31(39-4)17-19-33(29)35(32)28-9-6-25(7-10-28)8-11-30-21-24(3)5-20-34(30)40(36,37)38/h5-7,9-10,12-15,17,19-23H,8,11,16,18H2,1-4H3,(H,36,37,38). The van der Waals surface area contributed by atoms with E-state index in [0.717, 1.165) is 35.3 Å². The largest absolute Gasteiger partial charge is 0.497 e. The Balaban J connectivity index is 1.50. The number of benzene rings is 4. The number of allylic oxidation sites excluding steroid dienone is 1. The van der Waals surface area contributed by atoms with E-state index in [1.165, 1.54) is 39.5 Å². The number of ether oxygens (including phenoxy) is 1. The highest BCUT2D eigenvalue weighted by Gasteiger charge is 2.22. The molecule has 0 atom stereocenters. The quantitative estimate of drug-likeness (QED) is 0.225. The van der Waals surface area contributed by atoms with Gasteiger partial charge in [0.15, 0.2) is 0 Å². The summed E-state index contributed by atoms with van der Waals surface area (Å²) in [6.45, 7) is 6.35. The third kappa shape index (κ3) is 5.91. The highest BCUT2D eigenvalue weighted by atomic mass is 32.2. The van der Waals surface area contributed by atoms with Gasteiger partial charge in [0.25, 0.3) is 10.1 Å². The molecule has 1 aliphatic carbocycles. The SMILES string of the molecule is COc1ccc2c(c1)CCC(c1ccc(C(C)C)cc1)=C2c1ccc(CCc2cc(C)ccc2S(=O)(=O)O)cc1. The van der Waals surface area contributed by atoms with Gasteiger partial charge < -0.3 is 4.74 Å². The molecule has 0 aliphatic heterocycles. The molecule has 206 valence electrons. The van der Waals surface area contributed by atoms with Crippen LogP contribution < -0.4 is 4.74 Å². The first-order valence-corrected chi connectivity index (χ1v) is 15.2. The minimum Gasteiger partial charge on any atom is -0.497 e. The average Bonchev–Trinajstić information content (AvgIpc) is 2.95. The fourth-order valence-corrected chi connectivity index (χ4v) is 6.39. The molecule has 5 heteroatoms. The van der Waals surface area contributed by atoms with E-state index in [-0.39, 0.29) is 4.90 Å². The Kier molecular flexibility index (Phi) is 7.97. The number of aryl methyl sites for hydroxylation is 4. The first-order chi connectivity index (χ1) is 19.1. The van der Waals surface area contributed by atoms with Gasteiger partial charge in [0.2, 0.25) is 0 Å². The smallest absolute Gasteiger partial charge is 0.294 e. The Morgan fingerprint density at radius 2 is 1.52 bits per heavy atom. The predicted octanol–water partition coefficient (Wildman–Crippen LogP) is 8.06. The van der Waals surface area contributed by atoms with Gasteiger partial charge in [-0.2, -0.15) is 8.42 Å². The monoisotopic (exact) mass is 552 g/mol. The molecule has 0 heterocycles. The molecule has 5 rings (SSSR count). The van der Waals surface area contributed by atoms with Crippen LogP contribution in [0.1, 0.15) is 70.7 Å². The summed E-state index contributed by atoms with van der Waals surface area (Å²) in [7, 11) is -2.56. The molecular formula is C35H36O4S. The van der Waals surface area contributed by atoms with E-state index in [2.05, 4.69) is 74.5 Å². The van der Waals surface area contributed by atoms with Crippen molar-refractivity contribution in [1.82, 2.24) is 0 Å². The van der Waals surface area contributed by atoms with Crippen LogP contribution in [0.4, 0.5) is 0 Å². The van der Waals surface area contributed by atoms with Gasteiger partial charge in [-0.1, -0.05) is 86.1 Å². The zero-order chi connectivity index (χ0) is 28.4. The summed E-state index contributed by atoms with van der Waals surface area (Å²) in [5.74, 6) is 1.36. The van der Waals surface area contributed by atoms with E-state index in [4.69, 9.17) is 4.74 Å². The van der Waals surface area contributed by atoms with Crippen molar-refractivity contribution < 1.29 is 17.7 Å². The summed E-state index contributed by atoms with van der Waals surface area (Å²) in [6.07, 6.45) is 3.10. The molecule has 0 bridgehead atoms. The molecular weight excluding hydrogens is 516 g/mol. The van der Waals surface area contributed by atoms with Crippen molar-refractivity contribution in [3.63, 3.8) is 0 Å². The zero-order valence-electron chi connectivity index (χ0n) is 23.6. The lowest BCUT2D eigenvalue weighted by Crippen LogP contribution is -2.07. The van der Waals surface area contributed by atoms with Gasteiger partial charge in [-0.05, 0) is 107 Å². The highest BCUT2D eigenvalue weighted by molar-refractivity contribution is 7.85. The van der Waals surface area contributed by atoms with Crippen LogP contribution in [-0.4, -0.2) is 20.1 Å². The lowest BCUT2D eigenvalue weighted by atomic mass is 9.79. The number of methoxy groups -OCH3 is 1. The van der Waals surface area contributed by atoms with Crippen molar-refractivity contribution in [2.24, 2.45) is 0 Å². The van der Waals surface area contributed by atoms with E-state index >= 15 is 0 Å². The minimum atomic E-state index is -4.26. The molecule has 4 aromatic rings. The molecule has 0 radical (unpaired) electrons. The Bertz CT molecular complexity index is 1660. The Morgan fingerprint density at radius 1 is 0.825 bits per heavy atom. The Morgan fingerprint density at radius 3 is 2.17 bits per heavy atom. The maximum absolute atomic E-state index is 11.9. The van der Waals surface area contributed by atoms with Crippen molar-refractivity contribution >= 4 is 21.3 Å². The molecule has 40 heavy (non-hydrogen) atoms. The summed E-state index contributed by atoms with van der Waals surface area (Å²) >= 11 is 0. The topological polar surface area (TPSA) is 63.6 Å². The van der Waals surface area contributed by atoms with E-state index in [1.54, 1.807) is 13.2 Å². The summed E-state index contributed by atoms with van der Waals surface area (Å²) in [6, 6.07) is 29.0. The van der Waals surface area contributed by atoms with Gasteiger partial charge in [-0.25, -0.2) is 0 Å². The van der Waals surface area contributed by atoms with Crippen LogP contribution in [0, 0.1) is 6.92 Å². The van der Waals surface area contributed by atoms with E-state index < -0.39 is 10.1 Å². The third-order valence-corrected chi connectivity index (χ3v) is 8.83. The average molecular weight is 553 g/mol. The third-order valence-electron chi connectivity index (χ3n) is 7.87. The van der Waals surface area contributed by atoms with Crippen molar-refractivity contribution in [2.75, 3.05) is 7.11 Å². The maximum Gasteiger partial charge on any atom is 0.294 e. The van der Waals surface area contributed by atoms with E-state index in [9.17, 15) is 13.0 Å². The van der Waals surface area contributed by atoms with Gasteiger partial charge in [-0.3, -0.25) is 4.55 Å². The number of hydrogen-bond acceptors (Lipinski definition) is 3. The molecule has 1 aliphatic rings. The second-order valence-corrected chi connectivity index (χ2v) is 12.3. The number of fused-ring (bicyclic) bond motifs is 1. The molecule has 4 aromatic carbocycles. The molecule has 1 N–H and O–H groups in total. The molecule has 0 aromatic heterocycles. The molecule has 0 unspecified atom stereocenters. The summed E-state index contributed by atoms with van der Waals surface area (Å²) in [5.41, 5.74) is 11.6. The van der Waals surface area contributed by atoms with Gasteiger partial charge in [0.1, 0.15) is 5.75 Å². The fourth-order valence-electron chi connectivity index (χ4n) is 5.65. The lowest BCUT2D eigenvalue weighted by molar-refractivity contribution is 0.414. The summed E-state index contributed by atoms with van der Waals surface area (Å²) < 4.78 is 38.9. The molecule has 0 saturated carbocycles. The maximum atomic E-state index is 11.9. The second kappa shape index (κ2) is 11.4. The van der Waals surface area contributed by atoms with E-state index in [0.29, 0.717) is 24.3 Å². The van der Waals surface area contributed by atoms with Crippen molar-refractivity contribution in [3.8, 4) is 5.75 Å². The lowest BCUT2D eigenvalue weighted by Gasteiger charge is -2.25. The summed E-state index contributed by atoms with van der Waals surface area (Å²) in [5, 5.41) is 0. The van der Waals surface area contributed by atoms with Crippen molar-refractivity contribution in [3.05, 3.63) is 129 Å². The van der Waals surface area contributed by atoms with Gasteiger partial charge in [-0.15, -0.1) is 0 Å². The molecule has 0 saturated heterocycles. The first kappa shape index (κ1) is 27.9. The normalized spacial score (nSPS) is 13.4. The van der Waals surface area contributed by atoms with Gasteiger partial charge >= 0.3 is 0 Å². The molecule has 0 amide bonds. The van der Waals surface area contributed by atoms with E-state index in [1.807, 2.05) is 19.1 Å². The van der Waals surface area contributed by atoms with Gasteiger partial charge in [0, 0.05) is 0 Å². The second-order valence-electron chi connectivity index (χ2n) is 10.9. The molecule has 0 spiro atoms.